The molecular weight excluding hydrogens is 198 g/mol. The maximum absolute atomic E-state index is 10.8. The molecule has 0 aliphatic carbocycles. The van der Waals surface area contributed by atoms with E-state index < -0.39 is 11.9 Å². The first-order valence-corrected chi connectivity index (χ1v) is 4.31. The molecule has 80 valence electrons. The minimum Gasteiger partial charge on any atom is -0.481 e. The van der Waals surface area contributed by atoms with Gasteiger partial charge in [0.1, 0.15) is 5.82 Å². The smallest absolute Gasteiger partial charge is 0.305 e. The number of pyridine rings is 1. The Morgan fingerprint density at radius 1 is 1.53 bits per heavy atom. The van der Waals surface area contributed by atoms with E-state index in [0.717, 1.165) is 0 Å². The maximum atomic E-state index is 10.8. The number of carboxylic acid groups (broad SMARTS) is 1. The van der Waals surface area contributed by atoms with Crippen LogP contribution in [0, 0.1) is 0 Å². The van der Waals surface area contributed by atoms with Gasteiger partial charge in [0.15, 0.2) is 0 Å². The van der Waals surface area contributed by atoms with Crippen LogP contribution in [0.15, 0.2) is 18.3 Å². The molecule has 0 saturated carbocycles. The maximum Gasteiger partial charge on any atom is 0.305 e. The summed E-state index contributed by atoms with van der Waals surface area (Å²) in [6.07, 6.45) is 1.42. The Bertz CT molecular complexity index is 379. The Morgan fingerprint density at radius 2 is 2.27 bits per heavy atom. The summed E-state index contributed by atoms with van der Waals surface area (Å²) >= 11 is 0. The van der Waals surface area contributed by atoms with E-state index in [1.165, 1.54) is 18.3 Å². The molecule has 0 saturated heterocycles. The van der Waals surface area contributed by atoms with Crippen molar-refractivity contribution in [3.05, 3.63) is 23.9 Å². The van der Waals surface area contributed by atoms with Gasteiger partial charge in [-0.25, -0.2) is 4.98 Å². The lowest BCUT2D eigenvalue weighted by atomic mass is 10.2. The molecule has 1 amide bonds. The average Bonchev–Trinajstić information content (AvgIpc) is 2.17. The zero-order valence-corrected chi connectivity index (χ0v) is 7.93. The summed E-state index contributed by atoms with van der Waals surface area (Å²) in [4.78, 5) is 24.9. The zero-order chi connectivity index (χ0) is 11.3. The molecule has 0 bridgehead atoms. The monoisotopic (exact) mass is 209 g/mol. The minimum absolute atomic E-state index is 0.0114. The van der Waals surface area contributed by atoms with E-state index in [2.05, 4.69) is 10.3 Å². The van der Waals surface area contributed by atoms with Crippen molar-refractivity contribution < 1.29 is 14.7 Å². The fraction of sp³-hybridized carbons (Fsp3) is 0.222. The lowest BCUT2D eigenvalue weighted by molar-refractivity contribution is -0.136. The molecule has 0 aliphatic heterocycles. The van der Waals surface area contributed by atoms with E-state index in [1.807, 2.05) is 0 Å². The molecule has 0 fully saturated rings. The summed E-state index contributed by atoms with van der Waals surface area (Å²) in [5, 5.41) is 11.2. The molecule has 1 rings (SSSR count). The standard InChI is InChI=1S/C9H11N3O3/c10-9(15)6-1-3-11-7(5-6)12-4-2-8(13)14/h1,3,5H,2,4H2,(H2,10,15)(H,11,12)(H,13,14). The number of primary amides is 1. The van der Waals surface area contributed by atoms with Gasteiger partial charge in [-0.15, -0.1) is 0 Å². The second-order valence-corrected chi connectivity index (χ2v) is 2.86. The van der Waals surface area contributed by atoms with E-state index in [-0.39, 0.29) is 13.0 Å². The van der Waals surface area contributed by atoms with Gasteiger partial charge in [-0.1, -0.05) is 0 Å². The molecule has 6 nitrogen and oxygen atoms in total. The van der Waals surface area contributed by atoms with Crippen LogP contribution in [0.4, 0.5) is 5.82 Å². The van der Waals surface area contributed by atoms with Crippen molar-refractivity contribution in [2.45, 2.75) is 6.42 Å². The highest BCUT2D eigenvalue weighted by molar-refractivity contribution is 5.93. The zero-order valence-electron chi connectivity index (χ0n) is 7.93. The molecular formula is C9H11N3O3. The Balaban J connectivity index is 2.58. The predicted molar refractivity (Wildman–Crippen MR) is 53.5 cm³/mol. The molecule has 1 aromatic rings. The number of carboxylic acids is 1. The Morgan fingerprint density at radius 3 is 2.87 bits per heavy atom. The highest BCUT2D eigenvalue weighted by Gasteiger charge is 2.02. The molecule has 1 aromatic heterocycles. The third kappa shape index (κ3) is 3.63. The highest BCUT2D eigenvalue weighted by atomic mass is 16.4. The molecule has 0 aromatic carbocycles. The molecule has 1 heterocycles. The number of nitrogens with two attached hydrogens (primary N) is 1. The number of hydrogen-bond donors (Lipinski definition) is 3. The second-order valence-electron chi connectivity index (χ2n) is 2.86. The number of hydrogen-bond acceptors (Lipinski definition) is 4. The minimum atomic E-state index is -0.895. The Hall–Kier alpha value is -2.11. The van der Waals surface area contributed by atoms with Crippen molar-refractivity contribution in [2.24, 2.45) is 5.73 Å². The van der Waals surface area contributed by atoms with Crippen molar-refractivity contribution in [3.63, 3.8) is 0 Å². The van der Waals surface area contributed by atoms with Gasteiger partial charge in [-0.3, -0.25) is 9.59 Å². The number of nitrogens with one attached hydrogen (secondary N) is 1. The predicted octanol–water partition coefficient (Wildman–Crippen LogP) is 0.0671. The van der Waals surface area contributed by atoms with Crippen molar-refractivity contribution in [3.8, 4) is 0 Å². The first-order valence-electron chi connectivity index (χ1n) is 4.31. The summed E-state index contributed by atoms with van der Waals surface area (Å²) in [6, 6.07) is 2.97. The van der Waals surface area contributed by atoms with Crippen LogP contribution in [0.25, 0.3) is 0 Å². The number of rotatable bonds is 5. The second kappa shape index (κ2) is 4.94. The molecule has 15 heavy (non-hydrogen) atoms. The first kappa shape index (κ1) is 11.0. The van der Waals surface area contributed by atoms with E-state index in [0.29, 0.717) is 11.4 Å². The van der Waals surface area contributed by atoms with Crippen molar-refractivity contribution >= 4 is 17.7 Å². The largest absolute Gasteiger partial charge is 0.481 e. The van der Waals surface area contributed by atoms with Crippen LogP contribution in [0.5, 0.6) is 0 Å². The van der Waals surface area contributed by atoms with E-state index >= 15 is 0 Å². The summed E-state index contributed by atoms with van der Waals surface area (Å²) in [5.74, 6) is -1.00. The van der Waals surface area contributed by atoms with Gasteiger partial charge in [0.05, 0.1) is 6.42 Å². The van der Waals surface area contributed by atoms with Gasteiger partial charge in [0.25, 0.3) is 0 Å². The third-order valence-corrected chi connectivity index (χ3v) is 1.69. The number of carbonyl (C=O) groups is 2. The topological polar surface area (TPSA) is 105 Å². The van der Waals surface area contributed by atoms with Crippen LogP contribution in [0.2, 0.25) is 0 Å². The number of carbonyl (C=O) groups excluding carboxylic acids is 1. The molecule has 6 heteroatoms. The van der Waals surface area contributed by atoms with Gasteiger partial charge in [0.2, 0.25) is 5.91 Å². The van der Waals surface area contributed by atoms with Crippen molar-refractivity contribution in [2.75, 3.05) is 11.9 Å². The number of nitrogens with zero attached hydrogens (tertiary/aromatic N) is 1. The third-order valence-electron chi connectivity index (χ3n) is 1.69. The van der Waals surface area contributed by atoms with Crippen molar-refractivity contribution in [1.82, 2.24) is 4.98 Å². The van der Waals surface area contributed by atoms with Gasteiger partial charge < -0.3 is 16.2 Å². The SMILES string of the molecule is NC(=O)c1ccnc(NCCC(=O)O)c1. The van der Waals surface area contributed by atoms with Gasteiger partial charge >= 0.3 is 5.97 Å². The fourth-order valence-electron chi connectivity index (χ4n) is 0.978. The normalized spacial score (nSPS) is 9.60. The van der Waals surface area contributed by atoms with E-state index in [4.69, 9.17) is 10.8 Å². The van der Waals surface area contributed by atoms with E-state index in [9.17, 15) is 9.59 Å². The molecule has 0 unspecified atom stereocenters. The van der Waals surface area contributed by atoms with Crippen LogP contribution >= 0.6 is 0 Å². The lowest BCUT2D eigenvalue weighted by Crippen LogP contribution is -2.13. The molecule has 0 spiro atoms. The van der Waals surface area contributed by atoms with Crippen LogP contribution < -0.4 is 11.1 Å². The summed E-state index contributed by atoms with van der Waals surface area (Å²) in [7, 11) is 0. The molecule has 0 atom stereocenters. The van der Waals surface area contributed by atoms with Crippen molar-refractivity contribution in [1.29, 1.82) is 0 Å². The van der Waals surface area contributed by atoms with Crippen LogP contribution in [-0.2, 0) is 4.79 Å². The van der Waals surface area contributed by atoms with Gasteiger partial charge in [0, 0.05) is 18.3 Å². The van der Waals surface area contributed by atoms with Crippen LogP contribution in [0.3, 0.4) is 0 Å². The summed E-state index contributed by atoms with van der Waals surface area (Å²) in [6.45, 7) is 0.255. The van der Waals surface area contributed by atoms with Gasteiger partial charge in [-0.2, -0.15) is 0 Å². The van der Waals surface area contributed by atoms with Crippen LogP contribution in [0.1, 0.15) is 16.8 Å². The first-order chi connectivity index (χ1) is 7.09. The number of amides is 1. The molecule has 4 N–H and O–H groups in total. The Labute approximate surface area is 86.1 Å². The molecule has 0 radical (unpaired) electrons. The summed E-state index contributed by atoms with van der Waals surface area (Å²) in [5.41, 5.74) is 5.41. The number of aromatic nitrogens is 1. The summed E-state index contributed by atoms with van der Waals surface area (Å²) < 4.78 is 0. The lowest BCUT2D eigenvalue weighted by Gasteiger charge is -2.04. The van der Waals surface area contributed by atoms with E-state index in [1.54, 1.807) is 0 Å². The van der Waals surface area contributed by atoms with Gasteiger partial charge in [-0.05, 0) is 12.1 Å². The highest BCUT2D eigenvalue weighted by Crippen LogP contribution is 2.05. The fourth-order valence-corrected chi connectivity index (χ4v) is 0.978. The number of anilines is 1. The quantitative estimate of drug-likeness (QED) is 0.636. The average molecular weight is 209 g/mol. The van der Waals surface area contributed by atoms with Crippen LogP contribution in [-0.4, -0.2) is 28.5 Å². The molecule has 0 aliphatic rings. The number of aliphatic carboxylic acids is 1. The Kier molecular flexibility index (Phi) is 3.61.